The van der Waals surface area contributed by atoms with Crippen molar-refractivity contribution in [2.24, 2.45) is 5.73 Å². The molecule has 0 aliphatic heterocycles. The van der Waals surface area contributed by atoms with Crippen molar-refractivity contribution >= 4 is 15.9 Å². The van der Waals surface area contributed by atoms with E-state index in [4.69, 9.17) is 10.5 Å². The van der Waals surface area contributed by atoms with Crippen LogP contribution in [0.3, 0.4) is 0 Å². The molecule has 66 valence electrons. The highest BCUT2D eigenvalue weighted by atomic mass is 79.9. The normalized spacial score (nSPS) is 12.9. The maximum absolute atomic E-state index is 5.79. The van der Waals surface area contributed by atoms with Crippen molar-refractivity contribution in [2.45, 2.75) is 6.04 Å². The van der Waals surface area contributed by atoms with Crippen LogP contribution in [-0.4, -0.2) is 18.7 Å². The third-order valence-electron chi connectivity index (χ3n) is 1.48. The first-order valence-electron chi connectivity index (χ1n) is 3.60. The smallest absolute Gasteiger partial charge is 0.0736 e. The van der Waals surface area contributed by atoms with Crippen molar-refractivity contribution < 1.29 is 4.74 Å². The molecule has 0 fully saturated rings. The minimum absolute atomic E-state index is 0.162. The summed E-state index contributed by atoms with van der Waals surface area (Å²) in [7, 11) is 1.62. The van der Waals surface area contributed by atoms with E-state index in [1.807, 2.05) is 12.1 Å². The van der Waals surface area contributed by atoms with Gasteiger partial charge in [-0.3, -0.25) is 4.98 Å². The van der Waals surface area contributed by atoms with Crippen molar-refractivity contribution in [1.82, 2.24) is 4.98 Å². The second-order valence-electron chi connectivity index (χ2n) is 2.43. The highest BCUT2D eigenvalue weighted by Crippen LogP contribution is 2.18. The van der Waals surface area contributed by atoms with E-state index >= 15 is 0 Å². The summed E-state index contributed by atoms with van der Waals surface area (Å²) in [4.78, 5) is 4.14. The van der Waals surface area contributed by atoms with Crippen molar-refractivity contribution in [2.75, 3.05) is 13.7 Å². The fraction of sp³-hybridized carbons (Fsp3) is 0.375. The van der Waals surface area contributed by atoms with Crippen molar-refractivity contribution in [3.63, 3.8) is 0 Å². The molecule has 1 atom stereocenters. The zero-order valence-corrected chi connectivity index (χ0v) is 8.41. The molecule has 0 aliphatic rings. The predicted molar refractivity (Wildman–Crippen MR) is 50.7 cm³/mol. The Kier molecular flexibility index (Phi) is 3.65. The Balaban J connectivity index is 2.79. The largest absolute Gasteiger partial charge is 0.383 e. The molecule has 2 N–H and O–H groups in total. The maximum atomic E-state index is 5.79. The molecule has 0 radical (unpaired) electrons. The molecular weight excluding hydrogens is 220 g/mol. The number of methoxy groups -OCH3 is 1. The van der Waals surface area contributed by atoms with E-state index in [1.54, 1.807) is 13.3 Å². The van der Waals surface area contributed by atoms with Crippen LogP contribution in [0.25, 0.3) is 0 Å². The van der Waals surface area contributed by atoms with Crippen LogP contribution in [0.4, 0.5) is 0 Å². The third-order valence-corrected chi connectivity index (χ3v) is 2.15. The van der Waals surface area contributed by atoms with Gasteiger partial charge in [-0.05, 0) is 28.1 Å². The van der Waals surface area contributed by atoms with E-state index in [1.165, 1.54) is 0 Å². The first-order chi connectivity index (χ1) is 5.75. The monoisotopic (exact) mass is 230 g/mol. The Morgan fingerprint density at radius 2 is 2.50 bits per heavy atom. The molecule has 12 heavy (non-hydrogen) atoms. The number of ether oxygens (including phenoxy) is 1. The summed E-state index contributed by atoms with van der Waals surface area (Å²) in [6, 6.07) is 3.61. The van der Waals surface area contributed by atoms with Gasteiger partial charge in [0.25, 0.3) is 0 Å². The fourth-order valence-corrected chi connectivity index (χ4v) is 1.48. The molecule has 4 heteroatoms. The molecule has 0 amide bonds. The molecule has 1 unspecified atom stereocenters. The number of halogens is 1. The standard InChI is InChI=1S/C8H11BrN2O/c1-12-5-7(10)8-6(9)3-2-4-11-8/h2-4,7H,5,10H2,1H3. The van der Waals surface area contributed by atoms with E-state index < -0.39 is 0 Å². The van der Waals surface area contributed by atoms with Crippen LogP contribution in [0.2, 0.25) is 0 Å². The van der Waals surface area contributed by atoms with Crippen molar-refractivity contribution in [1.29, 1.82) is 0 Å². The molecule has 3 nitrogen and oxygen atoms in total. The molecule has 0 aliphatic carbocycles. The van der Waals surface area contributed by atoms with Gasteiger partial charge in [-0.1, -0.05) is 0 Å². The number of hydrogen-bond acceptors (Lipinski definition) is 3. The van der Waals surface area contributed by atoms with Crippen molar-refractivity contribution in [3.05, 3.63) is 28.5 Å². The summed E-state index contributed by atoms with van der Waals surface area (Å²) in [5, 5.41) is 0. The number of nitrogens with two attached hydrogens (primary N) is 1. The van der Waals surface area contributed by atoms with E-state index in [2.05, 4.69) is 20.9 Å². The Morgan fingerprint density at radius 3 is 3.08 bits per heavy atom. The molecule has 0 spiro atoms. The lowest BCUT2D eigenvalue weighted by molar-refractivity contribution is 0.179. The second-order valence-corrected chi connectivity index (χ2v) is 3.29. The minimum Gasteiger partial charge on any atom is -0.383 e. The van der Waals surface area contributed by atoms with Gasteiger partial charge in [0.1, 0.15) is 0 Å². The van der Waals surface area contributed by atoms with Gasteiger partial charge < -0.3 is 10.5 Å². The van der Waals surface area contributed by atoms with Gasteiger partial charge in [-0.15, -0.1) is 0 Å². The average molecular weight is 231 g/mol. The van der Waals surface area contributed by atoms with E-state index in [0.29, 0.717) is 6.61 Å². The molecule has 1 aromatic rings. The van der Waals surface area contributed by atoms with Crippen LogP contribution in [0, 0.1) is 0 Å². The van der Waals surface area contributed by atoms with Crippen LogP contribution < -0.4 is 5.73 Å². The van der Waals surface area contributed by atoms with Crippen LogP contribution >= 0.6 is 15.9 Å². The molecular formula is C8H11BrN2O. The zero-order chi connectivity index (χ0) is 8.97. The van der Waals surface area contributed by atoms with Gasteiger partial charge in [0.05, 0.1) is 18.3 Å². The first kappa shape index (κ1) is 9.64. The van der Waals surface area contributed by atoms with E-state index in [0.717, 1.165) is 10.2 Å². The SMILES string of the molecule is COCC(N)c1ncccc1Br. The zero-order valence-electron chi connectivity index (χ0n) is 6.83. The lowest BCUT2D eigenvalue weighted by Gasteiger charge is -2.10. The summed E-state index contributed by atoms with van der Waals surface area (Å²) in [5.41, 5.74) is 6.62. The Morgan fingerprint density at radius 1 is 1.75 bits per heavy atom. The minimum atomic E-state index is -0.162. The lowest BCUT2D eigenvalue weighted by atomic mass is 10.2. The van der Waals surface area contributed by atoms with Gasteiger partial charge in [-0.2, -0.15) is 0 Å². The quantitative estimate of drug-likeness (QED) is 0.857. The highest BCUT2D eigenvalue weighted by Gasteiger charge is 2.09. The molecule has 1 heterocycles. The van der Waals surface area contributed by atoms with Crippen molar-refractivity contribution in [3.8, 4) is 0 Å². The van der Waals surface area contributed by atoms with Crippen LogP contribution in [-0.2, 0) is 4.74 Å². The van der Waals surface area contributed by atoms with Gasteiger partial charge in [0, 0.05) is 17.8 Å². The summed E-state index contributed by atoms with van der Waals surface area (Å²) < 4.78 is 5.85. The summed E-state index contributed by atoms with van der Waals surface area (Å²) in [6.07, 6.45) is 1.72. The highest BCUT2D eigenvalue weighted by molar-refractivity contribution is 9.10. The van der Waals surface area contributed by atoms with E-state index in [-0.39, 0.29) is 6.04 Å². The number of pyridine rings is 1. The molecule has 0 saturated heterocycles. The molecule has 1 aromatic heterocycles. The predicted octanol–water partition coefficient (Wildman–Crippen LogP) is 1.49. The van der Waals surface area contributed by atoms with Gasteiger partial charge in [-0.25, -0.2) is 0 Å². The Bertz CT molecular complexity index is 255. The number of hydrogen-bond donors (Lipinski definition) is 1. The number of rotatable bonds is 3. The topological polar surface area (TPSA) is 48.1 Å². The first-order valence-corrected chi connectivity index (χ1v) is 4.40. The number of nitrogens with zero attached hydrogens (tertiary/aromatic N) is 1. The summed E-state index contributed by atoms with van der Waals surface area (Å²) in [6.45, 7) is 0.482. The second kappa shape index (κ2) is 4.54. The van der Waals surface area contributed by atoms with Gasteiger partial charge >= 0.3 is 0 Å². The fourth-order valence-electron chi connectivity index (χ4n) is 0.929. The lowest BCUT2D eigenvalue weighted by Crippen LogP contribution is -2.17. The Labute approximate surface area is 80.1 Å². The van der Waals surface area contributed by atoms with E-state index in [9.17, 15) is 0 Å². The van der Waals surface area contributed by atoms with Crippen LogP contribution in [0.1, 0.15) is 11.7 Å². The molecule has 1 rings (SSSR count). The summed E-state index contributed by atoms with van der Waals surface area (Å²) in [5.74, 6) is 0. The molecule has 0 aromatic carbocycles. The number of aromatic nitrogens is 1. The Hall–Kier alpha value is -0.450. The van der Waals surface area contributed by atoms with Crippen LogP contribution in [0.5, 0.6) is 0 Å². The maximum Gasteiger partial charge on any atom is 0.0736 e. The molecule has 0 saturated carbocycles. The molecule has 0 bridgehead atoms. The average Bonchev–Trinajstić information content (AvgIpc) is 2.05. The van der Waals surface area contributed by atoms with Gasteiger partial charge in [0.15, 0.2) is 0 Å². The summed E-state index contributed by atoms with van der Waals surface area (Å²) >= 11 is 3.37. The third kappa shape index (κ3) is 2.27. The van der Waals surface area contributed by atoms with Gasteiger partial charge in [0.2, 0.25) is 0 Å². The van der Waals surface area contributed by atoms with Crippen LogP contribution in [0.15, 0.2) is 22.8 Å².